The molecule has 4 heterocycles. The molecule has 0 bridgehead atoms. The first-order valence-corrected chi connectivity index (χ1v) is 21.9. The number of hydrogen-bond acceptors (Lipinski definition) is 8. The highest BCUT2D eigenvalue weighted by Crippen LogP contribution is 2.39. The highest BCUT2D eigenvalue weighted by atomic mass is 32.1. The summed E-state index contributed by atoms with van der Waals surface area (Å²) in [5.74, 6) is 1.50. The molecule has 5 aromatic carbocycles. The van der Waals surface area contributed by atoms with Gasteiger partial charge in [0.1, 0.15) is 19.0 Å². The topological polar surface area (TPSA) is 110 Å². The van der Waals surface area contributed by atoms with E-state index in [1.165, 1.54) is 16.7 Å². The van der Waals surface area contributed by atoms with E-state index >= 15 is 0 Å². The van der Waals surface area contributed by atoms with Crippen LogP contribution in [0.25, 0.3) is 0 Å². The second-order valence-corrected chi connectivity index (χ2v) is 18.8. The molecule has 62 heavy (non-hydrogen) atoms. The third kappa shape index (κ3) is 8.68. The van der Waals surface area contributed by atoms with Gasteiger partial charge in [0.25, 0.3) is 11.8 Å². The number of thiol groups is 1. The van der Waals surface area contributed by atoms with E-state index in [0.29, 0.717) is 65.7 Å². The number of hydrogen-bond donors (Lipinski definition) is 2. The molecule has 0 fully saturated rings. The zero-order valence-corrected chi connectivity index (χ0v) is 36.6. The molecule has 2 atom stereocenters. The average Bonchev–Trinajstić information content (AvgIpc) is 3.47. The van der Waals surface area contributed by atoms with Gasteiger partial charge in [-0.3, -0.25) is 19.4 Å². The molecule has 5 aromatic rings. The molecule has 11 heteroatoms. The minimum atomic E-state index is -0.287. The number of aliphatic imine (C=N–C) groups is 1. The predicted molar refractivity (Wildman–Crippen MR) is 244 cm³/mol. The van der Waals surface area contributed by atoms with Gasteiger partial charge in [0.15, 0.2) is 11.5 Å². The molecule has 10 nitrogen and oxygen atoms in total. The van der Waals surface area contributed by atoms with E-state index in [9.17, 15) is 14.4 Å². The number of carbonyl (C=O) groups excluding carboxylic acids is 3. The molecule has 318 valence electrons. The van der Waals surface area contributed by atoms with Gasteiger partial charge in [0.2, 0.25) is 5.91 Å². The van der Waals surface area contributed by atoms with Crippen molar-refractivity contribution in [2.45, 2.75) is 102 Å². The largest absolute Gasteiger partial charge is 0.493 e. The SMILES string of the molecule is COc1cc2c(cc1OCc1cc(COc3cc4c(cc3C)C(=O)N3Cc5ccccc5C[C@H]3C=N4)cc(NC(=O)CCC(C)(C)S)c1)CC[C@@H]1Cc3ccccc3CN1C2=O. The zero-order valence-electron chi connectivity index (χ0n) is 35.7. The second-order valence-electron chi connectivity index (χ2n) is 17.6. The Morgan fingerprint density at radius 3 is 2.11 bits per heavy atom. The van der Waals surface area contributed by atoms with Crippen molar-refractivity contribution >= 4 is 47.9 Å². The molecule has 9 rings (SSSR count). The summed E-state index contributed by atoms with van der Waals surface area (Å²) in [4.78, 5) is 49.8. The fourth-order valence-corrected chi connectivity index (χ4v) is 9.25. The minimum Gasteiger partial charge on any atom is -0.493 e. The van der Waals surface area contributed by atoms with E-state index in [1.54, 1.807) is 7.11 Å². The standard InChI is InChI=1S/C51H52N4O6S/c1-31-17-43-44(52-26-41-22-35-10-6-8-12-38(35)28-55(41)50(43)58)25-45(31)60-29-32-18-33(20-39(19-32)53-48(56)15-16-51(2,3)62)30-61-47-23-36-13-14-40-21-34-9-5-7-11-37(34)27-54(40)49(57)42(36)24-46(47)59-4/h5-12,17-20,23-26,40-41,62H,13-16,21-22,27-30H2,1-4H3,(H,53,56)/t40-,41+/m1/s1. The maximum Gasteiger partial charge on any atom is 0.256 e. The zero-order chi connectivity index (χ0) is 43.1. The van der Waals surface area contributed by atoms with Gasteiger partial charge in [-0.25, -0.2) is 0 Å². The minimum absolute atomic E-state index is 0.0149. The fraction of sp³-hybridized carbons (Fsp3) is 0.333. The van der Waals surface area contributed by atoms with E-state index in [0.717, 1.165) is 53.5 Å². The summed E-state index contributed by atoms with van der Waals surface area (Å²) >= 11 is 4.61. The molecule has 0 spiro atoms. The molecule has 0 aromatic heterocycles. The molecule has 3 amide bonds. The average molecular weight is 849 g/mol. The molecule has 1 N–H and O–H groups in total. The summed E-state index contributed by atoms with van der Waals surface area (Å²) in [6.07, 6.45) is 5.97. The molecule has 0 saturated carbocycles. The van der Waals surface area contributed by atoms with Gasteiger partial charge >= 0.3 is 0 Å². The van der Waals surface area contributed by atoms with Crippen molar-refractivity contribution in [1.82, 2.24) is 9.80 Å². The Kier molecular flexibility index (Phi) is 11.3. The van der Waals surface area contributed by atoms with Crippen LogP contribution in [0.3, 0.4) is 0 Å². The van der Waals surface area contributed by atoms with Gasteiger partial charge in [-0.15, -0.1) is 0 Å². The van der Waals surface area contributed by atoms with Crippen molar-refractivity contribution < 1.29 is 28.6 Å². The number of amides is 3. The lowest BCUT2D eigenvalue weighted by Crippen LogP contribution is -2.44. The highest BCUT2D eigenvalue weighted by Gasteiger charge is 2.35. The number of nitrogens with one attached hydrogen (secondary N) is 1. The number of ether oxygens (including phenoxy) is 3. The van der Waals surface area contributed by atoms with Gasteiger partial charge < -0.3 is 29.3 Å². The van der Waals surface area contributed by atoms with Crippen LogP contribution in [0.5, 0.6) is 17.2 Å². The van der Waals surface area contributed by atoms with Crippen LogP contribution in [0, 0.1) is 6.92 Å². The van der Waals surface area contributed by atoms with Crippen LogP contribution in [-0.2, 0) is 50.4 Å². The molecular weight excluding hydrogens is 797 g/mol. The maximum absolute atomic E-state index is 14.0. The van der Waals surface area contributed by atoms with Crippen molar-refractivity contribution in [1.29, 1.82) is 0 Å². The van der Waals surface area contributed by atoms with Crippen molar-refractivity contribution in [2.24, 2.45) is 4.99 Å². The van der Waals surface area contributed by atoms with Crippen molar-refractivity contribution in [2.75, 3.05) is 12.4 Å². The van der Waals surface area contributed by atoms with E-state index < -0.39 is 0 Å². The van der Waals surface area contributed by atoms with Crippen LogP contribution >= 0.6 is 12.6 Å². The lowest BCUT2D eigenvalue weighted by molar-refractivity contribution is -0.116. The van der Waals surface area contributed by atoms with Gasteiger partial charge in [-0.2, -0.15) is 12.6 Å². The molecule has 0 unspecified atom stereocenters. The summed E-state index contributed by atoms with van der Waals surface area (Å²) < 4.78 is 18.5. The molecule has 0 aliphatic carbocycles. The Morgan fingerprint density at radius 1 is 0.774 bits per heavy atom. The van der Waals surface area contributed by atoms with Crippen molar-refractivity contribution in [3.05, 3.63) is 147 Å². The van der Waals surface area contributed by atoms with Gasteiger partial charge in [0.05, 0.1) is 24.4 Å². The quantitative estimate of drug-likeness (QED) is 0.128. The summed E-state index contributed by atoms with van der Waals surface area (Å²) in [5.41, 5.74) is 10.7. The maximum atomic E-state index is 14.0. The summed E-state index contributed by atoms with van der Waals surface area (Å²) in [6, 6.07) is 29.9. The van der Waals surface area contributed by atoms with E-state index in [4.69, 9.17) is 19.2 Å². The first-order chi connectivity index (χ1) is 29.9. The number of aryl methyl sites for hydroxylation is 2. The first kappa shape index (κ1) is 41.3. The van der Waals surface area contributed by atoms with Gasteiger partial charge in [0, 0.05) is 53.8 Å². The predicted octanol–water partition coefficient (Wildman–Crippen LogP) is 9.39. The third-order valence-electron chi connectivity index (χ3n) is 12.5. The Balaban J connectivity index is 0.946. The van der Waals surface area contributed by atoms with Gasteiger partial charge in [-0.1, -0.05) is 62.4 Å². The summed E-state index contributed by atoms with van der Waals surface area (Å²) in [6.45, 7) is 7.41. The molecule has 0 radical (unpaired) electrons. The van der Waals surface area contributed by atoms with Crippen molar-refractivity contribution in [3.8, 4) is 17.2 Å². The number of carbonyl (C=O) groups is 3. The summed E-state index contributed by atoms with van der Waals surface area (Å²) in [7, 11) is 1.59. The Hall–Kier alpha value is -6.07. The number of anilines is 1. The number of methoxy groups -OCH3 is 1. The van der Waals surface area contributed by atoms with Crippen LogP contribution in [-0.4, -0.2) is 57.7 Å². The number of rotatable bonds is 11. The van der Waals surface area contributed by atoms with Crippen LogP contribution in [0.4, 0.5) is 11.4 Å². The lowest BCUT2D eigenvalue weighted by Gasteiger charge is -2.35. The lowest BCUT2D eigenvalue weighted by atomic mass is 9.92. The molecule has 4 aliphatic heterocycles. The smallest absolute Gasteiger partial charge is 0.256 e. The van der Waals surface area contributed by atoms with Gasteiger partial charge in [-0.05, 0) is 120 Å². The highest BCUT2D eigenvalue weighted by molar-refractivity contribution is 7.81. The Morgan fingerprint density at radius 2 is 1.42 bits per heavy atom. The third-order valence-corrected chi connectivity index (χ3v) is 12.8. The molecular formula is C51H52N4O6S. The van der Waals surface area contributed by atoms with Crippen LogP contribution in [0.1, 0.15) is 98.3 Å². The Labute approximate surface area is 368 Å². The van der Waals surface area contributed by atoms with E-state index in [2.05, 4.69) is 48.3 Å². The van der Waals surface area contributed by atoms with Crippen LogP contribution in [0.15, 0.2) is 96.0 Å². The number of nitrogens with zero attached hydrogens (tertiary/aromatic N) is 3. The fourth-order valence-electron chi connectivity index (χ4n) is 9.14. The number of fused-ring (bicyclic) bond motifs is 6. The monoisotopic (exact) mass is 848 g/mol. The molecule has 0 saturated heterocycles. The Bertz CT molecular complexity index is 2620. The first-order valence-electron chi connectivity index (χ1n) is 21.4. The number of benzene rings is 5. The second kappa shape index (κ2) is 17.0. The normalized spacial score (nSPS) is 17.6. The van der Waals surface area contributed by atoms with Crippen molar-refractivity contribution in [3.63, 3.8) is 0 Å². The summed E-state index contributed by atoms with van der Waals surface area (Å²) in [5, 5.41) is 3.08. The van der Waals surface area contributed by atoms with E-state index in [1.807, 2.05) is 97.4 Å². The van der Waals surface area contributed by atoms with Crippen LogP contribution < -0.4 is 19.5 Å². The van der Waals surface area contributed by atoms with E-state index in [-0.39, 0.29) is 47.8 Å². The van der Waals surface area contributed by atoms with Crippen LogP contribution in [0.2, 0.25) is 0 Å². The molecule has 4 aliphatic rings.